The number of ether oxygens (including phenoxy) is 1. The van der Waals surface area contributed by atoms with Crippen molar-refractivity contribution in [2.45, 2.75) is 32.4 Å². The summed E-state index contributed by atoms with van der Waals surface area (Å²) in [6.45, 7) is 4.19. The molecule has 2 N–H and O–H groups in total. The molecule has 2 aromatic rings. The van der Waals surface area contributed by atoms with Crippen LogP contribution in [0.2, 0.25) is 5.02 Å². The summed E-state index contributed by atoms with van der Waals surface area (Å²) in [4.78, 5) is 34.4. The number of aromatic nitrogens is 2. The molecule has 3 rings (SSSR count). The Labute approximate surface area is 163 Å². The lowest BCUT2D eigenvalue weighted by atomic mass is 9.95. The van der Waals surface area contributed by atoms with Gasteiger partial charge in [-0.15, -0.1) is 0 Å². The van der Waals surface area contributed by atoms with Crippen molar-refractivity contribution in [3.63, 3.8) is 0 Å². The lowest BCUT2D eigenvalue weighted by Crippen LogP contribution is -2.53. The van der Waals surface area contributed by atoms with E-state index in [1.807, 2.05) is 32.0 Å². The Bertz CT molecular complexity index is 836. The topological polar surface area (TPSA) is 87.3 Å². The SMILES string of the molecule is COC(=O)[C@H](NC(=O)N1CCc2[nH]cnc2C1c1ccccc1Cl)C(C)C. The van der Waals surface area contributed by atoms with Gasteiger partial charge in [0.05, 0.1) is 19.1 Å². The summed E-state index contributed by atoms with van der Waals surface area (Å²) in [6.07, 6.45) is 2.27. The van der Waals surface area contributed by atoms with E-state index in [1.165, 1.54) is 7.11 Å². The molecule has 1 unspecified atom stereocenters. The number of nitrogens with one attached hydrogen (secondary N) is 2. The average Bonchev–Trinajstić information content (AvgIpc) is 3.13. The molecule has 144 valence electrons. The number of carbonyl (C=O) groups excluding carboxylic acids is 2. The maximum Gasteiger partial charge on any atom is 0.328 e. The summed E-state index contributed by atoms with van der Waals surface area (Å²) in [7, 11) is 1.31. The van der Waals surface area contributed by atoms with Crippen LogP contribution in [0.15, 0.2) is 30.6 Å². The average molecular weight is 391 g/mol. The van der Waals surface area contributed by atoms with Crippen LogP contribution in [0.1, 0.15) is 36.8 Å². The number of benzene rings is 1. The number of imidazole rings is 1. The van der Waals surface area contributed by atoms with Gasteiger partial charge in [0.1, 0.15) is 12.1 Å². The Morgan fingerprint density at radius 2 is 2.11 bits per heavy atom. The highest BCUT2D eigenvalue weighted by Gasteiger charge is 2.37. The smallest absolute Gasteiger partial charge is 0.328 e. The number of amides is 2. The highest BCUT2D eigenvalue weighted by molar-refractivity contribution is 6.31. The van der Waals surface area contributed by atoms with Crippen LogP contribution in [0, 0.1) is 5.92 Å². The summed E-state index contributed by atoms with van der Waals surface area (Å²) in [5.74, 6) is -0.573. The standard InChI is InChI=1S/C19H23ClN4O3/c1-11(2)15(18(25)27-3)23-19(26)24-9-8-14-16(22-10-21-14)17(24)12-6-4-5-7-13(12)20/h4-7,10-11,15,17H,8-9H2,1-3H3,(H,21,22)(H,23,26)/t15-,17?/m1/s1. The molecule has 0 saturated heterocycles. The summed E-state index contributed by atoms with van der Waals surface area (Å²) < 4.78 is 4.83. The van der Waals surface area contributed by atoms with Crippen LogP contribution in [-0.4, -0.2) is 46.6 Å². The maximum atomic E-state index is 13.1. The van der Waals surface area contributed by atoms with Crippen LogP contribution in [0.5, 0.6) is 0 Å². The van der Waals surface area contributed by atoms with Gasteiger partial charge in [-0.25, -0.2) is 14.6 Å². The number of H-pyrrole nitrogens is 1. The number of carbonyl (C=O) groups is 2. The first-order valence-electron chi connectivity index (χ1n) is 8.85. The minimum Gasteiger partial charge on any atom is -0.467 e. The van der Waals surface area contributed by atoms with Crippen LogP contribution in [0.4, 0.5) is 4.79 Å². The van der Waals surface area contributed by atoms with Crippen molar-refractivity contribution in [2.24, 2.45) is 5.92 Å². The van der Waals surface area contributed by atoms with E-state index in [9.17, 15) is 9.59 Å². The Kier molecular flexibility index (Phi) is 5.70. The summed E-state index contributed by atoms with van der Waals surface area (Å²) >= 11 is 6.42. The number of esters is 1. The van der Waals surface area contributed by atoms with Crippen LogP contribution in [0.3, 0.4) is 0 Å². The zero-order valence-electron chi connectivity index (χ0n) is 15.5. The molecule has 0 fully saturated rings. The van der Waals surface area contributed by atoms with Gasteiger partial charge in [-0.1, -0.05) is 43.6 Å². The van der Waals surface area contributed by atoms with Crippen LogP contribution < -0.4 is 5.32 Å². The van der Waals surface area contributed by atoms with Crippen molar-refractivity contribution in [3.05, 3.63) is 52.6 Å². The maximum absolute atomic E-state index is 13.1. The predicted molar refractivity (Wildman–Crippen MR) is 101 cm³/mol. The van der Waals surface area contributed by atoms with E-state index in [4.69, 9.17) is 16.3 Å². The van der Waals surface area contributed by atoms with E-state index in [2.05, 4.69) is 15.3 Å². The molecule has 0 aliphatic carbocycles. The third-order valence-electron chi connectivity index (χ3n) is 4.79. The lowest BCUT2D eigenvalue weighted by Gasteiger charge is -2.36. The fourth-order valence-electron chi connectivity index (χ4n) is 3.35. The van der Waals surface area contributed by atoms with E-state index in [0.717, 1.165) is 17.0 Å². The first kappa shape index (κ1) is 19.2. The Morgan fingerprint density at radius 1 is 1.37 bits per heavy atom. The number of nitrogens with zero attached hydrogens (tertiary/aromatic N) is 2. The molecule has 2 atom stereocenters. The number of rotatable bonds is 4. The Hall–Kier alpha value is -2.54. The van der Waals surface area contributed by atoms with Crippen molar-refractivity contribution in [3.8, 4) is 0 Å². The van der Waals surface area contributed by atoms with E-state index in [0.29, 0.717) is 18.0 Å². The van der Waals surface area contributed by atoms with Gasteiger partial charge < -0.3 is 19.9 Å². The summed E-state index contributed by atoms with van der Waals surface area (Å²) in [6, 6.07) is 5.89. The molecule has 1 aromatic heterocycles. The minimum atomic E-state index is -0.727. The molecule has 0 spiro atoms. The number of hydrogen-bond acceptors (Lipinski definition) is 4. The fourth-order valence-corrected chi connectivity index (χ4v) is 3.59. The van der Waals surface area contributed by atoms with E-state index in [-0.39, 0.29) is 11.9 Å². The molecule has 7 nitrogen and oxygen atoms in total. The van der Waals surface area contributed by atoms with Gasteiger partial charge in [0.25, 0.3) is 0 Å². The van der Waals surface area contributed by atoms with E-state index < -0.39 is 18.1 Å². The largest absolute Gasteiger partial charge is 0.467 e. The quantitative estimate of drug-likeness (QED) is 0.786. The zero-order valence-corrected chi connectivity index (χ0v) is 16.3. The number of halogens is 1. The number of fused-ring (bicyclic) bond motifs is 1. The summed E-state index contributed by atoms with van der Waals surface area (Å²) in [5.41, 5.74) is 2.54. The van der Waals surface area contributed by atoms with Gasteiger partial charge >= 0.3 is 12.0 Å². The molecule has 8 heteroatoms. The summed E-state index contributed by atoms with van der Waals surface area (Å²) in [5, 5.41) is 3.37. The van der Waals surface area contributed by atoms with Crippen molar-refractivity contribution >= 4 is 23.6 Å². The number of methoxy groups -OCH3 is 1. The van der Waals surface area contributed by atoms with Gasteiger partial charge in [0, 0.05) is 23.7 Å². The van der Waals surface area contributed by atoms with Crippen molar-refractivity contribution in [1.29, 1.82) is 0 Å². The Balaban J connectivity index is 1.95. The van der Waals surface area contributed by atoms with Crippen molar-refractivity contribution < 1.29 is 14.3 Å². The molecule has 0 radical (unpaired) electrons. The molecule has 0 saturated carbocycles. The fraction of sp³-hybridized carbons (Fsp3) is 0.421. The van der Waals surface area contributed by atoms with Crippen molar-refractivity contribution in [2.75, 3.05) is 13.7 Å². The van der Waals surface area contributed by atoms with Gasteiger partial charge in [-0.05, 0) is 17.5 Å². The molecule has 2 heterocycles. The molecule has 27 heavy (non-hydrogen) atoms. The highest BCUT2D eigenvalue weighted by Crippen LogP contribution is 2.36. The molecule has 2 amide bonds. The molecule has 1 aromatic carbocycles. The van der Waals surface area contributed by atoms with E-state index >= 15 is 0 Å². The van der Waals surface area contributed by atoms with Gasteiger partial charge in [0.15, 0.2) is 0 Å². The second-order valence-electron chi connectivity index (χ2n) is 6.83. The third kappa shape index (κ3) is 3.78. The first-order chi connectivity index (χ1) is 12.9. The van der Waals surface area contributed by atoms with Crippen LogP contribution >= 0.6 is 11.6 Å². The minimum absolute atomic E-state index is 0.106. The second kappa shape index (κ2) is 8.00. The third-order valence-corrected chi connectivity index (χ3v) is 5.13. The highest BCUT2D eigenvalue weighted by atomic mass is 35.5. The van der Waals surface area contributed by atoms with Gasteiger partial charge in [0.2, 0.25) is 0 Å². The molecule has 1 aliphatic rings. The lowest BCUT2D eigenvalue weighted by molar-refractivity contribution is -0.144. The van der Waals surface area contributed by atoms with E-state index in [1.54, 1.807) is 17.3 Å². The second-order valence-corrected chi connectivity index (χ2v) is 7.24. The number of urea groups is 1. The zero-order chi connectivity index (χ0) is 19.6. The van der Waals surface area contributed by atoms with Crippen molar-refractivity contribution in [1.82, 2.24) is 20.2 Å². The van der Waals surface area contributed by atoms with Crippen LogP contribution in [-0.2, 0) is 16.0 Å². The molecular weight excluding hydrogens is 368 g/mol. The Morgan fingerprint density at radius 3 is 2.78 bits per heavy atom. The first-order valence-corrected chi connectivity index (χ1v) is 9.23. The number of hydrogen-bond donors (Lipinski definition) is 2. The predicted octanol–water partition coefficient (Wildman–Crippen LogP) is 2.92. The normalized spacial score (nSPS) is 17.4. The molecule has 1 aliphatic heterocycles. The molecule has 0 bridgehead atoms. The number of aromatic amines is 1. The monoisotopic (exact) mass is 390 g/mol. The van der Waals surface area contributed by atoms with Crippen LogP contribution in [0.25, 0.3) is 0 Å². The molecular formula is C19H23ClN4O3. The van der Waals surface area contributed by atoms with Gasteiger partial charge in [-0.3, -0.25) is 0 Å². The van der Waals surface area contributed by atoms with Gasteiger partial charge in [-0.2, -0.15) is 0 Å².